The number of hydrogen-bond acceptors (Lipinski definition) is 0. The van der Waals surface area contributed by atoms with Crippen LogP contribution >= 0.6 is 0 Å². The molecule has 0 saturated heterocycles. The van der Waals surface area contributed by atoms with Gasteiger partial charge >= 0.3 is 0 Å². The first-order valence-electron chi connectivity index (χ1n) is 6.04. The standard InChI is InChI=1S/C13H26Si/c1-10(2)12-8-7-11(3)9-13(12)14(4,5)6/h9-12H,7-8H2,1-6H3/t11-,12+/m0/s1. The maximum Gasteiger partial charge on any atom is 0.0724 e. The average Bonchev–Trinajstić information content (AvgIpc) is 2.01. The highest BCUT2D eigenvalue weighted by Gasteiger charge is 2.31. The molecule has 1 heteroatoms. The molecule has 1 aliphatic carbocycles. The summed E-state index contributed by atoms with van der Waals surface area (Å²) >= 11 is 0. The predicted molar refractivity (Wildman–Crippen MR) is 68.2 cm³/mol. The molecule has 0 N–H and O–H groups in total. The smallest absolute Gasteiger partial charge is 0.0724 e. The van der Waals surface area contributed by atoms with E-state index in [1.165, 1.54) is 12.8 Å². The number of allylic oxidation sites excluding steroid dienone is 2. The second-order valence-corrected chi connectivity index (χ2v) is 11.4. The van der Waals surface area contributed by atoms with Gasteiger partial charge in [-0.25, -0.2) is 0 Å². The molecule has 0 bridgehead atoms. The van der Waals surface area contributed by atoms with E-state index in [0.29, 0.717) is 0 Å². The predicted octanol–water partition coefficient (Wildman–Crippen LogP) is 4.49. The van der Waals surface area contributed by atoms with Gasteiger partial charge in [-0.05, 0) is 30.6 Å². The summed E-state index contributed by atoms with van der Waals surface area (Å²) < 4.78 is 0. The van der Waals surface area contributed by atoms with Gasteiger partial charge in [0.2, 0.25) is 0 Å². The second kappa shape index (κ2) is 4.22. The van der Waals surface area contributed by atoms with Crippen molar-refractivity contribution in [1.82, 2.24) is 0 Å². The SMILES string of the molecule is CC(C)[C@H]1CC[C@H](C)C=C1[Si](C)(C)C. The summed E-state index contributed by atoms with van der Waals surface area (Å²) in [7, 11) is -1.06. The molecule has 0 radical (unpaired) electrons. The van der Waals surface area contributed by atoms with Crippen molar-refractivity contribution in [2.24, 2.45) is 17.8 Å². The van der Waals surface area contributed by atoms with Gasteiger partial charge in [0, 0.05) is 0 Å². The normalized spacial score (nSPS) is 29.2. The highest BCUT2D eigenvalue weighted by molar-refractivity contribution is 6.83. The van der Waals surface area contributed by atoms with Crippen LogP contribution in [0.3, 0.4) is 0 Å². The van der Waals surface area contributed by atoms with Gasteiger partial charge in [0.05, 0.1) is 8.07 Å². The molecule has 0 saturated carbocycles. The lowest BCUT2D eigenvalue weighted by atomic mass is 9.83. The van der Waals surface area contributed by atoms with Crippen LogP contribution in [0.25, 0.3) is 0 Å². The Balaban J connectivity index is 2.93. The Kier molecular flexibility index (Phi) is 3.62. The van der Waals surface area contributed by atoms with Crippen LogP contribution < -0.4 is 0 Å². The number of hydrogen-bond donors (Lipinski definition) is 0. The van der Waals surface area contributed by atoms with Gasteiger partial charge in [0.15, 0.2) is 0 Å². The van der Waals surface area contributed by atoms with Crippen molar-refractivity contribution in [2.45, 2.75) is 53.3 Å². The first-order valence-corrected chi connectivity index (χ1v) is 9.54. The summed E-state index contributed by atoms with van der Waals surface area (Å²) in [5, 5.41) is 1.84. The van der Waals surface area contributed by atoms with Crippen LogP contribution in [0.2, 0.25) is 19.6 Å². The monoisotopic (exact) mass is 210 g/mol. The first kappa shape index (κ1) is 12.0. The molecular formula is C13H26Si. The second-order valence-electron chi connectivity index (χ2n) is 6.28. The van der Waals surface area contributed by atoms with Crippen molar-refractivity contribution < 1.29 is 0 Å². The molecule has 1 aliphatic rings. The van der Waals surface area contributed by atoms with Gasteiger partial charge in [-0.15, -0.1) is 0 Å². The zero-order chi connectivity index (χ0) is 10.9. The fourth-order valence-corrected chi connectivity index (χ4v) is 4.98. The van der Waals surface area contributed by atoms with E-state index in [1.54, 1.807) is 0 Å². The van der Waals surface area contributed by atoms with Gasteiger partial charge in [0.1, 0.15) is 0 Å². The molecule has 0 aromatic heterocycles. The van der Waals surface area contributed by atoms with Crippen molar-refractivity contribution in [3.05, 3.63) is 11.3 Å². The minimum Gasteiger partial charge on any atom is -0.0860 e. The lowest BCUT2D eigenvalue weighted by Gasteiger charge is -2.36. The Morgan fingerprint density at radius 3 is 2.21 bits per heavy atom. The minimum atomic E-state index is -1.06. The Bertz CT molecular complexity index is 220. The average molecular weight is 210 g/mol. The Hall–Kier alpha value is -0.0431. The van der Waals surface area contributed by atoms with Crippen molar-refractivity contribution in [3.63, 3.8) is 0 Å². The maximum absolute atomic E-state index is 2.60. The van der Waals surface area contributed by atoms with Gasteiger partial charge in [-0.1, -0.05) is 51.7 Å². The fourth-order valence-electron chi connectivity index (χ4n) is 2.61. The molecule has 0 fully saturated rings. The van der Waals surface area contributed by atoms with Crippen LogP contribution in [-0.4, -0.2) is 8.07 Å². The van der Waals surface area contributed by atoms with Crippen molar-refractivity contribution >= 4 is 8.07 Å². The van der Waals surface area contributed by atoms with Crippen LogP contribution in [0.15, 0.2) is 11.3 Å². The summed E-state index contributed by atoms with van der Waals surface area (Å²) in [4.78, 5) is 0. The molecule has 0 aliphatic heterocycles. The van der Waals surface area contributed by atoms with E-state index in [1.807, 2.05) is 5.20 Å². The van der Waals surface area contributed by atoms with Gasteiger partial charge < -0.3 is 0 Å². The molecule has 1 rings (SSSR count). The zero-order valence-corrected chi connectivity index (χ0v) is 11.7. The summed E-state index contributed by atoms with van der Waals surface area (Å²) in [6.45, 7) is 14.6. The summed E-state index contributed by atoms with van der Waals surface area (Å²) in [6, 6.07) is 0. The first-order chi connectivity index (χ1) is 6.32. The third-order valence-corrected chi connectivity index (χ3v) is 5.74. The Labute approximate surface area is 90.8 Å². The minimum absolute atomic E-state index is 0.826. The Morgan fingerprint density at radius 1 is 1.21 bits per heavy atom. The fraction of sp³-hybridized carbons (Fsp3) is 0.846. The summed E-state index contributed by atoms with van der Waals surface area (Å²) in [5.41, 5.74) is 0. The zero-order valence-electron chi connectivity index (χ0n) is 10.7. The molecule has 82 valence electrons. The quantitative estimate of drug-likeness (QED) is 0.589. The van der Waals surface area contributed by atoms with Crippen LogP contribution in [-0.2, 0) is 0 Å². The van der Waals surface area contributed by atoms with Crippen LogP contribution in [0, 0.1) is 17.8 Å². The van der Waals surface area contributed by atoms with E-state index in [-0.39, 0.29) is 0 Å². The number of rotatable bonds is 2. The lowest BCUT2D eigenvalue weighted by Crippen LogP contribution is -2.34. The highest BCUT2D eigenvalue weighted by atomic mass is 28.3. The topological polar surface area (TPSA) is 0 Å². The maximum atomic E-state index is 2.60. The van der Waals surface area contributed by atoms with Crippen molar-refractivity contribution in [3.8, 4) is 0 Å². The third-order valence-electron chi connectivity index (χ3n) is 3.47. The Morgan fingerprint density at radius 2 is 1.79 bits per heavy atom. The van der Waals surface area contributed by atoms with E-state index < -0.39 is 8.07 Å². The summed E-state index contributed by atoms with van der Waals surface area (Å²) in [5.74, 6) is 2.55. The summed E-state index contributed by atoms with van der Waals surface area (Å²) in [6.07, 6.45) is 5.42. The molecule has 0 nitrogen and oxygen atoms in total. The largest absolute Gasteiger partial charge is 0.0860 e. The molecule has 14 heavy (non-hydrogen) atoms. The third kappa shape index (κ3) is 2.72. The van der Waals surface area contributed by atoms with E-state index in [9.17, 15) is 0 Å². The molecule has 0 unspecified atom stereocenters. The van der Waals surface area contributed by atoms with Crippen LogP contribution in [0.5, 0.6) is 0 Å². The van der Waals surface area contributed by atoms with E-state index in [0.717, 1.165) is 17.8 Å². The molecule has 0 amide bonds. The molecule has 0 aromatic rings. The van der Waals surface area contributed by atoms with Crippen molar-refractivity contribution in [2.75, 3.05) is 0 Å². The van der Waals surface area contributed by atoms with Gasteiger partial charge in [0.25, 0.3) is 0 Å². The molecule has 2 atom stereocenters. The molecule has 0 heterocycles. The molecular weight excluding hydrogens is 184 g/mol. The molecule has 0 spiro atoms. The lowest BCUT2D eigenvalue weighted by molar-refractivity contribution is 0.373. The van der Waals surface area contributed by atoms with E-state index in [4.69, 9.17) is 0 Å². The highest BCUT2D eigenvalue weighted by Crippen LogP contribution is 2.38. The van der Waals surface area contributed by atoms with Crippen LogP contribution in [0.1, 0.15) is 33.6 Å². The van der Waals surface area contributed by atoms with Crippen LogP contribution in [0.4, 0.5) is 0 Å². The van der Waals surface area contributed by atoms with Crippen molar-refractivity contribution in [1.29, 1.82) is 0 Å². The molecule has 0 aromatic carbocycles. The van der Waals surface area contributed by atoms with Gasteiger partial charge in [-0.3, -0.25) is 0 Å². The van der Waals surface area contributed by atoms with E-state index in [2.05, 4.69) is 46.5 Å². The van der Waals surface area contributed by atoms with Gasteiger partial charge in [-0.2, -0.15) is 0 Å². The van der Waals surface area contributed by atoms with E-state index >= 15 is 0 Å².